The van der Waals surface area contributed by atoms with Gasteiger partial charge in [0.1, 0.15) is 0 Å². The van der Waals surface area contributed by atoms with Gasteiger partial charge < -0.3 is 15.3 Å². The van der Waals surface area contributed by atoms with Gasteiger partial charge in [0.2, 0.25) is 5.91 Å². The molecule has 2 unspecified atom stereocenters. The number of carbonyl (C=O) groups is 1. The zero-order chi connectivity index (χ0) is 20.4. The van der Waals surface area contributed by atoms with E-state index in [0.29, 0.717) is 16.7 Å². The molecular formula is C22H22N4O2S. The Hall–Kier alpha value is -3.16. The molecule has 6 nitrogen and oxygen atoms in total. The lowest BCUT2D eigenvalue weighted by molar-refractivity contribution is -0.117. The number of aromatic nitrogens is 2. The highest BCUT2D eigenvalue weighted by molar-refractivity contribution is 7.10. The van der Waals surface area contributed by atoms with Crippen LogP contribution in [0.15, 0.2) is 64.8 Å². The summed E-state index contributed by atoms with van der Waals surface area (Å²) in [6, 6.07) is 17.2. The molecule has 7 heteroatoms. The van der Waals surface area contributed by atoms with Crippen molar-refractivity contribution in [1.82, 2.24) is 15.3 Å². The number of aromatic amines is 2. The SMILES string of the molecule is Cc1ccc(C(NC(C)C(=O)Nc2ccc3[nH]c(=O)[nH]c3c2)c2cccs2)cc1. The summed E-state index contributed by atoms with van der Waals surface area (Å²) in [5.41, 5.74) is 4.04. The van der Waals surface area contributed by atoms with Crippen LogP contribution in [-0.4, -0.2) is 21.9 Å². The third kappa shape index (κ3) is 4.31. The number of imidazole rings is 1. The molecule has 4 aromatic rings. The number of hydrogen-bond donors (Lipinski definition) is 4. The maximum Gasteiger partial charge on any atom is 0.323 e. The van der Waals surface area contributed by atoms with E-state index >= 15 is 0 Å². The van der Waals surface area contributed by atoms with Crippen LogP contribution in [0.2, 0.25) is 0 Å². The number of fused-ring (bicyclic) bond motifs is 1. The minimum absolute atomic E-state index is 0.0696. The first-order valence-corrected chi connectivity index (χ1v) is 10.3. The molecule has 0 bridgehead atoms. The second-order valence-electron chi connectivity index (χ2n) is 7.08. The monoisotopic (exact) mass is 406 g/mol. The lowest BCUT2D eigenvalue weighted by Crippen LogP contribution is -2.40. The average Bonchev–Trinajstić information content (AvgIpc) is 3.35. The Bertz CT molecular complexity index is 1180. The van der Waals surface area contributed by atoms with Gasteiger partial charge >= 0.3 is 5.69 Å². The van der Waals surface area contributed by atoms with Crippen molar-refractivity contribution in [3.05, 3.63) is 86.5 Å². The zero-order valence-corrected chi connectivity index (χ0v) is 17.0. The lowest BCUT2D eigenvalue weighted by Gasteiger charge is -2.23. The van der Waals surface area contributed by atoms with Gasteiger partial charge in [-0.15, -0.1) is 11.3 Å². The smallest absolute Gasteiger partial charge is 0.323 e. The molecule has 0 aliphatic rings. The van der Waals surface area contributed by atoms with E-state index < -0.39 is 6.04 Å². The zero-order valence-electron chi connectivity index (χ0n) is 16.2. The molecule has 0 saturated carbocycles. The third-order valence-electron chi connectivity index (χ3n) is 4.83. The highest BCUT2D eigenvalue weighted by atomic mass is 32.1. The van der Waals surface area contributed by atoms with Gasteiger partial charge in [-0.3, -0.25) is 10.1 Å². The molecule has 0 radical (unpaired) electrons. The Kier molecular flexibility index (Phi) is 5.33. The van der Waals surface area contributed by atoms with Crippen molar-refractivity contribution in [3.8, 4) is 0 Å². The fourth-order valence-corrected chi connectivity index (χ4v) is 4.06. The number of carbonyl (C=O) groups excluding carboxylic acids is 1. The van der Waals surface area contributed by atoms with Gasteiger partial charge in [-0.1, -0.05) is 35.9 Å². The van der Waals surface area contributed by atoms with Crippen LogP contribution in [0.5, 0.6) is 0 Å². The van der Waals surface area contributed by atoms with Crippen molar-refractivity contribution < 1.29 is 4.79 Å². The van der Waals surface area contributed by atoms with E-state index in [-0.39, 0.29) is 17.6 Å². The number of thiophene rings is 1. The first-order valence-electron chi connectivity index (χ1n) is 9.38. The van der Waals surface area contributed by atoms with Gasteiger partial charge in [0.25, 0.3) is 0 Å². The number of rotatable bonds is 6. The van der Waals surface area contributed by atoms with Gasteiger partial charge in [-0.25, -0.2) is 4.79 Å². The Morgan fingerprint density at radius 1 is 1.03 bits per heavy atom. The molecule has 2 aromatic heterocycles. The number of aryl methyl sites for hydroxylation is 1. The molecule has 2 aromatic carbocycles. The van der Waals surface area contributed by atoms with Gasteiger partial charge in [0, 0.05) is 10.6 Å². The van der Waals surface area contributed by atoms with E-state index in [2.05, 4.69) is 57.9 Å². The Labute approximate surface area is 172 Å². The molecule has 0 spiro atoms. The summed E-state index contributed by atoms with van der Waals surface area (Å²) in [6.45, 7) is 3.91. The normalized spacial score (nSPS) is 13.3. The van der Waals surface area contributed by atoms with Crippen LogP contribution < -0.4 is 16.3 Å². The second-order valence-corrected chi connectivity index (χ2v) is 8.06. The number of benzene rings is 2. The molecule has 29 heavy (non-hydrogen) atoms. The predicted octanol–water partition coefficient (Wildman–Crippen LogP) is 3.93. The van der Waals surface area contributed by atoms with Crippen molar-refractivity contribution in [2.24, 2.45) is 0 Å². The van der Waals surface area contributed by atoms with E-state index in [9.17, 15) is 9.59 Å². The van der Waals surface area contributed by atoms with Crippen LogP contribution in [0.3, 0.4) is 0 Å². The van der Waals surface area contributed by atoms with Crippen LogP contribution in [0.1, 0.15) is 29.0 Å². The minimum atomic E-state index is -0.427. The molecule has 4 N–H and O–H groups in total. The van der Waals surface area contributed by atoms with E-state index in [4.69, 9.17) is 0 Å². The molecule has 2 atom stereocenters. The van der Waals surface area contributed by atoms with Crippen LogP contribution in [-0.2, 0) is 4.79 Å². The van der Waals surface area contributed by atoms with E-state index in [1.54, 1.807) is 29.5 Å². The van der Waals surface area contributed by atoms with Crippen molar-refractivity contribution in [1.29, 1.82) is 0 Å². The molecule has 1 amide bonds. The molecule has 2 heterocycles. The maximum atomic E-state index is 12.8. The van der Waals surface area contributed by atoms with Gasteiger partial charge in [-0.2, -0.15) is 0 Å². The number of H-pyrrole nitrogens is 2. The highest BCUT2D eigenvalue weighted by Gasteiger charge is 2.21. The largest absolute Gasteiger partial charge is 0.325 e. The number of amides is 1. The fourth-order valence-electron chi connectivity index (χ4n) is 3.24. The van der Waals surface area contributed by atoms with Crippen LogP contribution in [0.4, 0.5) is 5.69 Å². The predicted molar refractivity (Wildman–Crippen MR) is 117 cm³/mol. The number of hydrogen-bond acceptors (Lipinski definition) is 4. The molecule has 0 fully saturated rings. The topological polar surface area (TPSA) is 89.8 Å². The summed E-state index contributed by atoms with van der Waals surface area (Å²) in [7, 11) is 0. The standard InChI is InChI=1S/C22H22N4O2S/c1-13-5-7-15(8-6-13)20(19-4-3-11-29-19)23-14(2)21(27)24-16-9-10-17-18(12-16)26-22(28)25-17/h3-12,14,20,23H,1-2H3,(H,24,27)(H2,25,26,28). The van der Waals surface area contributed by atoms with Crippen LogP contribution >= 0.6 is 11.3 Å². The van der Waals surface area contributed by atoms with E-state index in [1.807, 2.05) is 18.4 Å². The maximum absolute atomic E-state index is 12.8. The summed E-state index contributed by atoms with van der Waals surface area (Å²) < 4.78 is 0. The average molecular weight is 407 g/mol. The van der Waals surface area contributed by atoms with Crippen molar-refractivity contribution >= 4 is 34.0 Å². The third-order valence-corrected chi connectivity index (χ3v) is 5.77. The molecule has 148 valence electrons. The first kappa shape index (κ1) is 19.2. The Morgan fingerprint density at radius 2 is 1.79 bits per heavy atom. The van der Waals surface area contributed by atoms with Gasteiger partial charge in [-0.05, 0) is 49.1 Å². The lowest BCUT2D eigenvalue weighted by atomic mass is 10.0. The summed E-state index contributed by atoms with van der Waals surface area (Å²) in [5.74, 6) is -0.143. The molecule has 0 aliphatic carbocycles. The number of nitrogens with one attached hydrogen (secondary N) is 4. The number of anilines is 1. The fraction of sp³-hybridized carbons (Fsp3) is 0.182. The second kappa shape index (κ2) is 8.06. The Morgan fingerprint density at radius 3 is 2.52 bits per heavy atom. The van der Waals surface area contributed by atoms with Gasteiger partial charge in [0.15, 0.2) is 0 Å². The molecule has 0 saturated heterocycles. The van der Waals surface area contributed by atoms with Crippen molar-refractivity contribution in [3.63, 3.8) is 0 Å². The van der Waals surface area contributed by atoms with Crippen molar-refractivity contribution in [2.45, 2.75) is 25.9 Å². The van der Waals surface area contributed by atoms with Gasteiger partial charge in [0.05, 0.1) is 23.1 Å². The van der Waals surface area contributed by atoms with E-state index in [0.717, 1.165) is 10.4 Å². The van der Waals surface area contributed by atoms with Crippen LogP contribution in [0, 0.1) is 6.92 Å². The summed E-state index contributed by atoms with van der Waals surface area (Å²) in [5, 5.41) is 8.41. The molecule has 0 aliphatic heterocycles. The summed E-state index contributed by atoms with van der Waals surface area (Å²) in [6.07, 6.45) is 0. The summed E-state index contributed by atoms with van der Waals surface area (Å²) >= 11 is 1.66. The quantitative estimate of drug-likeness (QED) is 0.391. The molecular weight excluding hydrogens is 384 g/mol. The Balaban J connectivity index is 1.51. The van der Waals surface area contributed by atoms with Crippen LogP contribution in [0.25, 0.3) is 11.0 Å². The first-order chi connectivity index (χ1) is 14.0. The molecule has 4 rings (SSSR count). The highest BCUT2D eigenvalue weighted by Crippen LogP contribution is 2.27. The van der Waals surface area contributed by atoms with Crippen molar-refractivity contribution in [2.75, 3.05) is 5.32 Å². The minimum Gasteiger partial charge on any atom is -0.325 e. The van der Waals surface area contributed by atoms with E-state index in [1.165, 1.54) is 5.56 Å². The summed E-state index contributed by atoms with van der Waals surface area (Å²) in [4.78, 5) is 30.8.